The summed E-state index contributed by atoms with van der Waals surface area (Å²) in [5, 5.41) is 2.87. The van der Waals surface area contributed by atoms with E-state index < -0.39 is 6.04 Å². The lowest BCUT2D eigenvalue weighted by Gasteiger charge is -2.34. The molecule has 1 aliphatic heterocycles. The fraction of sp³-hybridized carbons (Fsp3) is 0.556. The average Bonchev–Trinajstić information content (AvgIpc) is 2.58. The van der Waals surface area contributed by atoms with Gasteiger partial charge in [-0.25, -0.2) is 0 Å². The molecule has 1 aliphatic rings. The zero-order valence-corrected chi connectivity index (χ0v) is 14.6. The second-order valence-corrected chi connectivity index (χ2v) is 6.58. The summed E-state index contributed by atoms with van der Waals surface area (Å²) in [7, 11) is 1.52. The molecule has 1 aromatic rings. The van der Waals surface area contributed by atoms with Gasteiger partial charge in [0.15, 0.2) is 0 Å². The van der Waals surface area contributed by atoms with Crippen molar-refractivity contribution in [1.29, 1.82) is 0 Å². The number of likely N-dealkylation sites (tertiary alicyclic amines) is 1. The van der Waals surface area contributed by atoms with Gasteiger partial charge >= 0.3 is 0 Å². The van der Waals surface area contributed by atoms with Crippen LogP contribution in [0.4, 0.5) is 0 Å². The van der Waals surface area contributed by atoms with Gasteiger partial charge in [0.25, 0.3) is 5.91 Å². The maximum Gasteiger partial charge on any atom is 0.255 e. The maximum absolute atomic E-state index is 12.8. The van der Waals surface area contributed by atoms with Gasteiger partial charge in [-0.05, 0) is 30.9 Å². The number of nitrogens with two attached hydrogens (primary N) is 1. The van der Waals surface area contributed by atoms with Gasteiger partial charge in [0.2, 0.25) is 5.91 Å². The summed E-state index contributed by atoms with van der Waals surface area (Å²) in [5.74, 6) is 0.100. The number of carbonyl (C=O) groups excluding carboxylic acids is 2. The summed E-state index contributed by atoms with van der Waals surface area (Å²) in [6.07, 6.45) is 1.84. The van der Waals surface area contributed by atoms with E-state index in [-0.39, 0.29) is 23.8 Å². The Bertz CT molecular complexity index is 589. The van der Waals surface area contributed by atoms with Crippen molar-refractivity contribution in [3.05, 3.63) is 29.8 Å². The molecule has 1 aromatic carbocycles. The first-order chi connectivity index (χ1) is 11.4. The van der Waals surface area contributed by atoms with Gasteiger partial charge in [-0.1, -0.05) is 26.0 Å². The van der Waals surface area contributed by atoms with Crippen LogP contribution in [0.3, 0.4) is 0 Å². The van der Waals surface area contributed by atoms with Crippen LogP contribution in [-0.2, 0) is 4.79 Å². The average molecular weight is 333 g/mol. The molecule has 0 radical (unpaired) electrons. The van der Waals surface area contributed by atoms with Gasteiger partial charge in [0.1, 0.15) is 11.8 Å². The van der Waals surface area contributed by atoms with Gasteiger partial charge in [-0.15, -0.1) is 0 Å². The summed E-state index contributed by atoms with van der Waals surface area (Å²) < 4.78 is 5.23. The predicted molar refractivity (Wildman–Crippen MR) is 92.9 cm³/mol. The zero-order valence-electron chi connectivity index (χ0n) is 14.6. The number of amides is 2. The molecule has 132 valence electrons. The minimum Gasteiger partial charge on any atom is -0.496 e. The molecule has 24 heavy (non-hydrogen) atoms. The molecular weight excluding hydrogens is 306 g/mol. The number of nitrogens with one attached hydrogen (secondary N) is 1. The van der Waals surface area contributed by atoms with E-state index in [0.717, 1.165) is 12.8 Å². The van der Waals surface area contributed by atoms with Crippen molar-refractivity contribution in [3.8, 4) is 5.75 Å². The molecule has 0 aliphatic carbocycles. The van der Waals surface area contributed by atoms with Gasteiger partial charge < -0.3 is 20.7 Å². The van der Waals surface area contributed by atoms with Crippen molar-refractivity contribution in [2.24, 2.45) is 11.7 Å². The number of piperidine rings is 1. The lowest BCUT2D eigenvalue weighted by Crippen LogP contribution is -2.55. The number of ether oxygens (including phenoxy) is 1. The molecule has 6 nitrogen and oxygen atoms in total. The number of nitrogens with zero attached hydrogens (tertiary/aromatic N) is 1. The number of para-hydroxylation sites is 1. The number of hydrogen-bond acceptors (Lipinski definition) is 4. The number of benzene rings is 1. The lowest BCUT2D eigenvalue weighted by molar-refractivity contribution is -0.135. The molecule has 0 aromatic heterocycles. The van der Waals surface area contributed by atoms with Crippen LogP contribution in [0.15, 0.2) is 24.3 Å². The highest BCUT2D eigenvalue weighted by Crippen LogP contribution is 2.19. The van der Waals surface area contributed by atoms with Crippen molar-refractivity contribution < 1.29 is 14.3 Å². The van der Waals surface area contributed by atoms with Crippen LogP contribution < -0.4 is 15.8 Å². The molecule has 3 N–H and O–H groups in total. The molecule has 2 rings (SSSR count). The Hall–Kier alpha value is -2.08. The topological polar surface area (TPSA) is 84.7 Å². The molecule has 2 unspecified atom stereocenters. The molecule has 2 amide bonds. The van der Waals surface area contributed by atoms with Crippen LogP contribution in [0.25, 0.3) is 0 Å². The summed E-state index contributed by atoms with van der Waals surface area (Å²) in [6.45, 7) is 5.09. The smallest absolute Gasteiger partial charge is 0.255 e. The number of hydrogen-bond donors (Lipinski definition) is 2. The third-order valence-electron chi connectivity index (χ3n) is 4.34. The van der Waals surface area contributed by atoms with E-state index in [4.69, 9.17) is 10.5 Å². The van der Waals surface area contributed by atoms with Gasteiger partial charge in [0, 0.05) is 19.1 Å². The van der Waals surface area contributed by atoms with Crippen molar-refractivity contribution in [3.63, 3.8) is 0 Å². The Labute approximate surface area is 143 Å². The molecule has 0 bridgehead atoms. The van der Waals surface area contributed by atoms with Crippen LogP contribution in [0.5, 0.6) is 5.75 Å². The third-order valence-corrected chi connectivity index (χ3v) is 4.34. The highest BCUT2D eigenvalue weighted by atomic mass is 16.5. The minimum absolute atomic E-state index is 0.0143. The Balaban J connectivity index is 2.13. The molecule has 1 heterocycles. The van der Waals surface area contributed by atoms with E-state index in [1.165, 1.54) is 7.11 Å². The first-order valence-electron chi connectivity index (χ1n) is 8.42. The first-order valence-corrected chi connectivity index (χ1v) is 8.42. The normalized spacial score (nSPS) is 19.0. The standard InChI is InChI=1S/C18H27N3O3/c1-12(2)16(18(23)21-10-6-7-13(19)11-21)20-17(22)14-8-4-5-9-15(14)24-3/h4-5,8-9,12-13,16H,6-7,10-11,19H2,1-3H3,(H,20,22). The summed E-state index contributed by atoms with van der Waals surface area (Å²) in [4.78, 5) is 27.2. The van der Waals surface area contributed by atoms with Crippen molar-refractivity contribution in [2.75, 3.05) is 20.2 Å². The molecule has 1 fully saturated rings. The van der Waals surface area contributed by atoms with Crippen molar-refractivity contribution >= 4 is 11.8 Å². The van der Waals surface area contributed by atoms with Gasteiger partial charge in [-0.2, -0.15) is 0 Å². The molecule has 0 saturated carbocycles. The SMILES string of the molecule is COc1ccccc1C(=O)NC(C(=O)N1CCCC(N)C1)C(C)C. The monoisotopic (exact) mass is 333 g/mol. The summed E-state index contributed by atoms with van der Waals surface area (Å²) >= 11 is 0. The van der Waals surface area contributed by atoms with E-state index >= 15 is 0 Å². The van der Waals surface area contributed by atoms with E-state index in [0.29, 0.717) is 24.4 Å². The van der Waals surface area contributed by atoms with Gasteiger partial charge in [-0.3, -0.25) is 9.59 Å². The van der Waals surface area contributed by atoms with Crippen LogP contribution in [0.2, 0.25) is 0 Å². The molecule has 1 saturated heterocycles. The second kappa shape index (κ2) is 8.15. The van der Waals surface area contributed by atoms with Crippen LogP contribution in [0, 0.1) is 5.92 Å². The van der Waals surface area contributed by atoms with E-state index in [1.807, 2.05) is 13.8 Å². The van der Waals surface area contributed by atoms with Crippen molar-refractivity contribution in [1.82, 2.24) is 10.2 Å². The van der Waals surface area contributed by atoms with E-state index in [9.17, 15) is 9.59 Å². The van der Waals surface area contributed by atoms with Gasteiger partial charge in [0.05, 0.1) is 12.7 Å². The van der Waals surface area contributed by atoms with Crippen LogP contribution in [0.1, 0.15) is 37.0 Å². The number of rotatable bonds is 5. The zero-order chi connectivity index (χ0) is 17.7. The fourth-order valence-corrected chi connectivity index (χ4v) is 2.97. The molecule has 2 atom stereocenters. The summed E-state index contributed by atoms with van der Waals surface area (Å²) in [5.41, 5.74) is 6.40. The van der Waals surface area contributed by atoms with Crippen molar-refractivity contribution in [2.45, 2.75) is 38.8 Å². The van der Waals surface area contributed by atoms with Crippen LogP contribution >= 0.6 is 0 Å². The Morgan fingerprint density at radius 1 is 1.33 bits per heavy atom. The highest BCUT2D eigenvalue weighted by molar-refractivity contribution is 5.99. The second-order valence-electron chi connectivity index (χ2n) is 6.58. The molecule has 6 heteroatoms. The minimum atomic E-state index is -0.576. The first kappa shape index (κ1) is 18.3. The third kappa shape index (κ3) is 4.26. The van der Waals surface area contributed by atoms with E-state index in [2.05, 4.69) is 5.32 Å². The molecule has 0 spiro atoms. The van der Waals surface area contributed by atoms with Crippen LogP contribution in [-0.4, -0.2) is 49.0 Å². The number of carbonyl (C=O) groups is 2. The molecular formula is C18H27N3O3. The predicted octanol–water partition coefficient (Wildman–Crippen LogP) is 1.40. The van der Waals surface area contributed by atoms with E-state index in [1.54, 1.807) is 29.2 Å². The Kier molecular flexibility index (Phi) is 6.20. The largest absolute Gasteiger partial charge is 0.496 e. The number of methoxy groups -OCH3 is 1. The Morgan fingerprint density at radius 3 is 2.67 bits per heavy atom. The lowest BCUT2D eigenvalue weighted by atomic mass is 9.99. The summed E-state index contributed by atoms with van der Waals surface area (Å²) in [6, 6.07) is 6.42. The maximum atomic E-state index is 12.8. The quantitative estimate of drug-likeness (QED) is 0.853. The fourth-order valence-electron chi connectivity index (χ4n) is 2.97. The Morgan fingerprint density at radius 2 is 2.04 bits per heavy atom. The highest BCUT2D eigenvalue weighted by Gasteiger charge is 2.31.